The van der Waals surface area contributed by atoms with Crippen LogP contribution in [-0.4, -0.2) is 175 Å². The number of aliphatic hydroxyl groups excluding tert-OH is 5. The van der Waals surface area contributed by atoms with Crippen LogP contribution in [0.15, 0.2) is 103 Å². The van der Waals surface area contributed by atoms with Crippen molar-refractivity contribution in [3.8, 4) is 62.9 Å². The van der Waals surface area contributed by atoms with Gasteiger partial charge in [-0.15, -0.1) is 0 Å². The fourth-order valence-electron chi connectivity index (χ4n) is 16.3. The van der Waals surface area contributed by atoms with Crippen molar-refractivity contribution in [1.82, 2.24) is 47.9 Å². The van der Waals surface area contributed by atoms with Gasteiger partial charge in [-0.25, -0.2) is 4.79 Å². The highest BCUT2D eigenvalue weighted by Gasteiger charge is 2.51. The van der Waals surface area contributed by atoms with Crippen LogP contribution in [0.25, 0.3) is 11.1 Å². The van der Waals surface area contributed by atoms with E-state index in [1.54, 1.807) is 6.92 Å². The molecule has 16 rings (SSSR count). The van der Waals surface area contributed by atoms with Crippen molar-refractivity contribution in [3.63, 3.8) is 0 Å². The monoisotopic (exact) mass is 1600 g/mol. The smallest absolute Gasteiger partial charge is 0.325 e. The molecule has 600 valence electrons. The van der Waals surface area contributed by atoms with E-state index in [0.717, 1.165) is 86.7 Å². The molecule has 15 bridgehead atoms. The van der Waals surface area contributed by atoms with Gasteiger partial charge in [-0.3, -0.25) is 43.7 Å². The lowest BCUT2D eigenvalue weighted by Crippen LogP contribution is -2.60. The number of carbonyl (C=O) groups is 9. The summed E-state index contributed by atoms with van der Waals surface area (Å²) in [5.41, 5.74) is 4.00. The number of nitrogens with two attached hydrogens (primary N) is 1. The molecule has 0 radical (unpaired) electrons. The molecule has 0 spiro atoms. The summed E-state index contributed by atoms with van der Waals surface area (Å²) in [5, 5.41) is 120. The average molecular weight is 1600 g/mol. The first-order valence-corrected chi connectivity index (χ1v) is 37.8. The lowest BCUT2D eigenvalue weighted by Gasteiger charge is -2.54. The molecule has 0 aromatic heterocycles. The van der Waals surface area contributed by atoms with Gasteiger partial charge in [-0.2, -0.15) is 0 Å². The molecule has 20 N–H and O–H groups in total. The van der Waals surface area contributed by atoms with Gasteiger partial charge in [0.2, 0.25) is 59.3 Å². The number of hydrogen-bond acceptors (Lipinski definition) is 24. The lowest BCUT2D eigenvalue weighted by atomic mass is 9.54. The second-order valence-corrected chi connectivity index (χ2v) is 30.7. The number of phenolic OH excluding ortho intramolecular Hbond substituents is 3. The number of rotatable bonds is 15. The van der Waals surface area contributed by atoms with Gasteiger partial charge in [0.05, 0.1) is 29.1 Å². The molecule has 6 heterocycles. The average Bonchev–Trinajstić information content (AvgIpc) is 0.759. The van der Waals surface area contributed by atoms with E-state index in [4.69, 9.17) is 52.6 Å². The molecule has 10 amide bonds. The number of halogens is 2. The van der Waals surface area contributed by atoms with Gasteiger partial charge in [0.15, 0.2) is 11.5 Å². The second-order valence-electron chi connectivity index (χ2n) is 29.9. The normalized spacial score (nSPS) is 28.1. The Morgan fingerprint density at radius 3 is 1.85 bits per heavy atom. The molecule has 1 saturated heterocycles. The Kier molecular flexibility index (Phi) is 23.9. The Labute approximate surface area is 656 Å². The number of aliphatic hydroxyl groups is 5. The van der Waals surface area contributed by atoms with E-state index in [2.05, 4.69) is 53.2 Å². The van der Waals surface area contributed by atoms with Crippen LogP contribution >= 0.6 is 23.2 Å². The number of hydrogen-bond donors (Lipinski definition) is 19. The largest absolute Gasteiger partial charge is 0.508 e. The number of likely N-dealkylation sites (N-methyl/N-ethyl adjacent to an activating group) is 1. The quantitative estimate of drug-likeness (QED) is 0.0692. The van der Waals surface area contributed by atoms with Crippen molar-refractivity contribution in [2.24, 2.45) is 35.3 Å². The number of ether oxygens (including phenoxy) is 5. The second kappa shape index (κ2) is 33.6. The summed E-state index contributed by atoms with van der Waals surface area (Å²) in [5.74, 6) is -12.9. The fourth-order valence-corrected chi connectivity index (χ4v) is 16.8. The highest BCUT2D eigenvalue weighted by molar-refractivity contribution is 6.32. The third kappa shape index (κ3) is 17.2. The molecule has 33 nitrogen and oxygen atoms in total. The third-order valence-corrected chi connectivity index (χ3v) is 22.2. The molecule has 6 aromatic carbocycles. The van der Waals surface area contributed by atoms with Gasteiger partial charge in [-0.05, 0) is 189 Å². The van der Waals surface area contributed by atoms with Gasteiger partial charge >= 0.3 is 6.03 Å². The predicted molar refractivity (Wildman–Crippen MR) is 402 cm³/mol. The van der Waals surface area contributed by atoms with E-state index >= 15 is 28.8 Å². The Morgan fingerprint density at radius 1 is 0.628 bits per heavy atom. The molecule has 4 aliphatic carbocycles. The minimum Gasteiger partial charge on any atom is -0.508 e. The van der Waals surface area contributed by atoms with E-state index in [1.165, 1.54) is 55.6 Å². The van der Waals surface area contributed by atoms with Gasteiger partial charge in [-0.1, -0.05) is 55.2 Å². The molecule has 5 fully saturated rings. The zero-order valence-corrected chi connectivity index (χ0v) is 62.9. The first kappa shape index (κ1) is 80.5. The number of fused-ring (bicyclic) bond motifs is 15. The molecule has 14 atom stereocenters. The lowest BCUT2D eigenvalue weighted by molar-refractivity contribution is -0.270. The standard InChI is InChI=1S/C78H87Cl2N11O22/c1-5-109-42-11-9-40(10-12-42)83-78(108)85-56(95)29-48-71(102)87-60-39-25-53(110-51-14-7-35(23-45(51)79)64(96)62(75(106)84-48)90-70(101)47(82-4)16-31(2)3)69(113-77-68(100)67(99)66(98)55(30-81)112-77)54(26-39)111-52-15-8-36(24-46(52)80)65(97)63-76(107)89-61(74(105)86-58-37-18-32-17-33(20-37)21-38(58)19-32)44-27-41(92)28-50(94)57(44)43-22-34(6-13-49(43)93)59(72(103)91-63)88-73(60)104/h6-15,22-28,31-33,37-38,47-48,55,58-68,77,82,92-94,96-100H,5,16-21,29-30,81H2,1-4H3,(H,84,106)(H,86,105)(H,87,102)(H,88,104)(H,89,107)(H,90,101)(H,91,103)(H2,83,85,95,108)/t32?,33?,37?,38?,47-,48?,55-,58?,59-,60?,61-,62?,63+,64-,65-,66-,67+,68-,77-/m1/s1. The van der Waals surface area contributed by atoms with Crippen LogP contribution in [0.1, 0.15) is 124 Å². The van der Waals surface area contributed by atoms with Gasteiger partial charge in [0.1, 0.15) is 107 Å². The molecular weight excluding hydrogens is 1510 g/mol. The molecule has 4 saturated carbocycles. The van der Waals surface area contributed by atoms with E-state index in [0.29, 0.717) is 24.2 Å². The molecule has 35 heteroatoms. The van der Waals surface area contributed by atoms with Gasteiger partial charge < -0.3 is 118 Å². The van der Waals surface area contributed by atoms with Crippen molar-refractivity contribution in [1.29, 1.82) is 0 Å². The van der Waals surface area contributed by atoms with E-state index < -0.39 is 192 Å². The summed E-state index contributed by atoms with van der Waals surface area (Å²) in [4.78, 5) is 137. The summed E-state index contributed by atoms with van der Waals surface area (Å²) in [6, 6.07) is 4.92. The third-order valence-electron chi connectivity index (χ3n) is 21.7. The van der Waals surface area contributed by atoms with E-state index in [9.17, 15) is 55.2 Å². The van der Waals surface area contributed by atoms with Gasteiger partial charge in [0, 0.05) is 35.5 Å². The highest BCUT2D eigenvalue weighted by Crippen LogP contribution is 2.55. The van der Waals surface area contributed by atoms with Crippen LogP contribution in [0.4, 0.5) is 10.5 Å². The molecule has 6 aromatic rings. The summed E-state index contributed by atoms with van der Waals surface area (Å²) in [6.45, 7) is 5.27. The van der Waals surface area contributed by atoms with Crippen molar-refractivity contribution >= 4 is 82.2 Å². The molecule has 10 aliphatic rings. The number of carbonyl (C=O) groups excluding carboxylic acids is 9. The van der Waals surface area contributed by atoms with Gasteiger partial charge in [0.25, 0.3) is 0 Å². The minimum absolute atomic E-state index is 0.0708. The SMILES string of the molecule is CCOc1ccc(NC(=O)NC(=O)CC2NC(=O)C(NC(=O)[C@@H](CC(C)C)NC)[C@H](O)c3ccc(c(Cl)c3)Oc3cc4cc(c3O[C@H]3O[C@H](CN)[C@@H](O)[C@H](O)[C@H]3O)Oc3ccc(cc3Cl)[C@@H](O)[C@@H]3NC(=O)[C@H](NC(=O)C4NC2=O)c2ccc(O)c(c2)-c2c(O)cc(O)cc2[C@H](C(=O)NC2C4CC5CC(C4)CC2C5)NC3=O)cc1. The van der Waals surface area contributed by atoms with Crippen molar-refractivity contribution < 1.29 is 108 Å². The minimum atomic E-state index is -2.37. The van der Waals surface area contributed by atoms with Crippen LogP contribution < -0.4 is 77.8 Å². The highest BCUT2D eigenvalue weighted by atomic mass is 35.5. The summed E-state index contributed by atoms with van der Waals surface area (Å²) < 4.78 is 31.1. The maximum atomic E-state index is 16.4. The number of anilines is 1. The Hall–Kier alpha value is -10.6. The van der Waals surface area contributed by atoms with E-state index in [1.807, 2.05) is 13.8 Å². The first-order valence-electron chi connectivity index (χ1n) is 37.0. The topological polar surface area (TPSA) is 508 Å². The predicted octanol–water partition coefficient (Wildman–Crippen LogP) is 3.95. The van der Waals surface area contributed by atoms with Crippen LogP contribution in [0.3, 0.4) is 0 Å². The number of imide groups is 1. The Balaban J connectivity index is 0.995. The Bertz CT molecular complexity index is 4680. The van der Waals surface area contributed by atoms with Crippen LogP contribution in [0, 0.1) is 29.6 Å². The molecule has 3 unspecified atom stereocenters. The summed E-state index contributed by atoms with van der Waals surface area (Å²) in [6.07, 6.45) is -10.2. The number of phenols is 3. The summed E-state index contributed by atoms with van der Waals surface area (Å²) >= 11 is 14.2. The van der Waals surface area contributed by atoms with Crippen LogP contribution in [0.2, 0.25) is 10.0 Å². The van der Waals surface area contributed by atoms with Crippen molar-refractivity contribution in [2.45, 2.75) is 157 Å². The molecule has 113 heavy (non-hydrogen) atoms. The molecular formula is C78H87Cl2N11O22. The van der Waals surface area contributed by atoms with Crippen LogP contribution in [0.5, 0.6) is 51.7 Å². The Morgan fingerprint density at radius 2 is 1.24 bits per heavy atom. The maximum absolute atomic E-state index is 16.4. The van der Waals surface area contributed by atoms with E-state index in [-0.39, 0.29) is 90.8 Å². The molecule has 6 aliphatic heterocycles. The zero-order chi connectivity index (χ0) is 80.7. The summed E-state index contributed by atoms with van der Waals surface area (Å²) in [7, 11) is 1.48. The number of aromatic hydroxyl groups is 3. The maximum Gasteiger partial charge on any atom is 0.325 e. The van der Waals surface area contributed by atoms with Crippen molar-refractivity contribution in [2.75, 3.05) is 25.5 Å². The zero-order valence-electron chi connectivity index (χ0n) is 61.4. The van der Waals surface area contributed by atoms with Crippen LogP contribution in [-0.2, 0) is 43.1 Å². The van der Waals surface area contributed by atoms with Crippen molar-refractivity contribution in [3.05, 3.63) is 141 Å². The number of benzene rings is 6. The number of urea groups is 1. The first-order chi connectivity index (χ1) is 53.9. The fraction of sp³-hybridized carbons (Fsp3) is 0.423. The number of amides is 10. The number of nitrogens with one attached hydrogen (secondary N) is 10.